The molecule has 1 heterocycles. The zero-order valence-corrected chi connectivity index (χ0v) is 17.2. The minimum atomic E-state index is -4.09. The van der Waals surface area contributed by atoms with Gasteiger partial charge in [-0.2, -0.15) is 0 Å². The zero-order chi connectivity index (χ0) is 21.9. The highest BCUT2D eigenvalue weighted by atomic mass is 32.2. The van der Waals surface area contributed by atoms with Crippen LogP contribution in [0, 0.1) is 6.92 Å². The Morgan fingerprint density at radius 1 is 1.00 bits per heavy atom. The summed E-state index contributed by atoms with van der Waals surface area (Å²) in [6.45, 7) is 1.77. The Morgan fingerprint density at radius 2 is 1.63 bits per heavy atom. The van der Waals surface area contributed by atoms with Crippen LogP contribution in [0.4, 0.5) is 0 Å². The summed E-state index contributed by atoms with van der Waals surface area (Å²) >= 11 is 0. The van der Waals surface area contributed by atoms with E-state index in [1.165, 1.54) is 12.1 Å². The molecule has 30 heavy (non-hydrogen) atoms. The van der Waals surface area contributed by atoms with Crippen LogP contribution in [0.5, 0.6) is 0 Å². The Kier molecular flexibility index (Phi) is 6.02. The molecule has 3 aromatic rings. The number of carboxylic acids is 1. The molecular formula is C21H20N2O6S. The highest BCUT2D eigenvalue weighted by molar-refractivity contribution is 7.89. The first-order valence-electron chi connectivity index (χ1n) is 9.07. The summed E-state index contributed by atoms with van der Waals surface area (Å²) < 4.78 is 31.3. The van der Waals surface area contributed by atoms with E-state index in [9.17, 15) is 18.0 Å². The van der Waals surface area contributed by atoms with Crippen molar-refractivity contribution in [3.63, 3.8) is 0 Å². The number of aliphatic carboxylic acids is 1. The Morgan fingerprint density at radius 3 is 2.23 bits per heavy atom. The van der Waals surface area contributed by atoms with Crippen LogP contribution in [0.2, 0.25) is 0 Å². The minimum absolute atomic E-state index is 0.0761. The molecule has 1 aromatic heterocycles. The Bertz CT molecular complexity index is 1170. The van der Waals surface area contributed by atoms with Gasteiger partial charge < -0.3 is 9.63 Å². The summed E-state index contributed by atoms with van der Waals surface area (Å²) in [7, 11) is -2.98. The minimum Gasteiger partial charge on any atom is -0.481 e. The number of carbonyl (C=O) groups excluding carboxylic acids is 1. The van der Waals surface area contributed by atoms with Gasteiger partial charge in [-0.1, -0.05) is 47.6 Å². The lowest BCUT2D eigenvalue weighted by Crippen LogP contribution is -2.33. The molecule has 0 aliphatic carbocycles. The smallest absolute Gasteiger partial charge is 0.303 e. The number of carbonyl (C=O) groups is 2. The summed E-state index contributed by atoms with van der Waals surface area (Å²) in [6, 6.07) is 15.5. The molecule has 0 aliphatic rings. The third-order valence-electron chi connectivity index (χ3n) is 4.62. The average Bonchev–Trinajstić information content (AvgIpc) is 3.13. The molecular weight excluding hydrogens is 408 g/mol. The van der Waals surface area contributed by atoms with Gasteiger partial charge in [-0.3, -0.25) is 9.59 Å². The van der Waals surface area contributed by atoms with Crippen LogP contribution in [0.25, 0.3) is 22.4 Å². The highest BCUT2D eigenvalue weighted by Crippen LogP contribution is 2.34. The van der Waals surface area contributed by atoms with E-state index < -0.39 is 34.7 Å². The fraction of sp³-hybridized carbons (Fsp3) is 0.190. The van der Waals surface area contributed by atoms with Gasteiger partial charge in [0.2, 0.25) is 5.91 Å². The van der Waals surface area contributed by atoms with Crippen molar-refractivity contribution in [1.29, 1.82) is 0 Å². The van der Waals surface area contributed by atoms with Crippen LogP contribution in [0.3, 0.4) is 0 Å². The lowest BCUT2D eigenvalue weighted by atomic mass is 10.00. The molecule has 9 heteroatoms. The maximum absolute atomic E-state index is 12.7. The van der Waals surface area contributed by atoms with Gasteiger partial charge in [-0.25, -0.2) is 12.7 Å². The van der Waals surface area contributed by atoms with Crippen LogP contribution in [0.15, 0.2) is 64.0 Å². The summed E-state index contributed by atoms with van der Waals surface area (Å²) in [4.78, 5) is 22.6. The van der Waals surface area contributed by atoms with E-state index in [-0.39, 0.29) is 4.90 Å². The predicted octanol–water partition coefficient (Wildman–Crippen LogP) is 3.33. The molecule has 0 fully saturated rings. The molecule has 0 unspecified atom stereocenters. The summed E-state index contributed by atoms with van der Waals surface area (Å²) in [5.74, 6) is -1.37. The second kappa shape index (κ2) is 8.50. The van der Waals surface area contributed by atoms with E-state index in [1.54, 1.807) is 19.1 Å². The number of sulfonamides is 1. The van der Waals surface area contributed by atoms with Gasteiger partial charge in [0.15, 0.2) is 0 Å². The Labute approximate surface area is 173 Å². The third kappa shape index (κ3) is 4.25. The second-order valence-corrected chi connectivity index (χ2v) is 8.58. The van der Waals surface area contributed by atoms with E-state index in [2.05, 4.69) is 5.16 Å². The van der Waals surface area contributed by atoms with Gasteiger partial charge in [0, 0.05) is 19.0 Å². The van der Waals surface area contributed by atoms with Crippen LogP contribution in [-0.2, 0) is 19.6 Å². The molecule has 0 aliphatic heterocycles. The Hall–Kier alpha value is -3.46. The topological polar surface area (TPSA) is 118 Å². The van der Waals surface area contributed by atoms with Crippen molar-refractivity contribution in [3.05, 3.63) is 60.4 Å². The van der Waals surface area contributed by atoms with E-state index in [1.807, 2.05) is 30.3 Å². The van der Waals surface area contributed by atoms with Gasteiger partial charge in [0.1, 0.15) is 11.5 Å². The zero-order valence-electron chi connectivity index (χ0n) is 16.4. The SMILES string of the molecule is Cc1onc(-c2ccccc2)c1-c1ccc(S(=O)(=O)N(C)C(=O)CCC(=O)O)cc1. The van der Waals surface area contributed by atoms with Crippen molar-refractivity contribution in [2.45, 2.75) is 24.7 Å². The number of amides is 1. The number of benzene rings is 2. The van der Waals surface area contributed by atoms with E-state index >= 15 is 0 Å². The first-order chi connectivity index (χ1) is 14.2. The number of aromatic nitrogens is 1. The summed E-state index contributed by atoms with van der Waals surface area (Å²) in [6.07, 6.45) is -0.837. The normalized spacial score (nSPS) is 11.3. The predicted molar refractivity (Wildman–Crippen MR) is 109 cm³/mol. The lowest BCUT2D eigenvalue weighted by Gasteiger charge is -2.17. The quantitative estimate of drug-likeness (QED) is 0.613. The molecule has 0 bridgehead atoms. The first kappa shape index (κ1) is 21.3. The van der Waals surface area contributed by atoms with Crippen molar-refractivity contribution in [2.24, 2.45) is 0 Å². The van der Waals surface area contributed by atoms with E-state index in [0.29, 0.717) is 21.3 Å². The maximum Gasteiger partial charge on any atom is 0.303 e. The number of aryl methyl sites for hydroxylation is 1. The first-order valence-corrected chi connectivity index (χ1v) is 10.5. The van der Waals surface area contributed by atoms with Gasteiger partial charge in [-0.15, -0.1) is 0 Å². The van der Waals surface area contributed by atoms with E-state index in [4.69, 9.17) is 9.63 Å². The average molecular weight is 428 g/mol. The molecule has 0 saturated heterocycles. The fourth-order valence-corrected chi connectivity index (χ4v) is 4.12. The number of rotatable bonds is 7. The van der Waals surface area contributed by atoms with Gasteiger partial charge in [0.25, 0.3) is 10.0 Å². The standard InChI is InChI=1S/C21H20N2O6S/c1-14-20(21(22-29-14)16-6-4-3-5-7-16)15-8-10-17(11-9-15)30(27,28)23(2)18(24)12-13-19(25)26/h3-11H,12-13H2,1-2H3,(H,25,26). The van der Waals surface area contributed by atoms with Crippen molar-refractivity contribution in [2.75, 3.05) is 7.05 Å². The van der Waals surface area contributed by atoms with Crippen LogP contribution >= 0.6 is 0 Å². The molecule has 1 amide bonds. The van der Waals surface area contributed by atoms with Gasteiger partial charge >= 0.3 is 5.97 Å². The van der Waals surface area contributed by atoms with E-state index in [0.717, 1.165) is 18.2 Å². The van der Waals surface area contributed by atoms with Crippen LogP contribution < -0.4 is 0 Å². The highest BCUT2D eigenvalue weighted by Gasteiger charge is 2.26. The van der Waals surface area contributed by atoms with Crippen molar-refractivity contribution >= 4 is 21.9 Å². The lowest BCUT2D eigenvalue weighted by molar-refractivity contribution is -0.139. The second-order valence-electron chi connectivity index (χ2n) is 6.61. The summed E-state index contributed by atoms with van der Waals surface area (Å²) in [5.41, 5.74) is 2.97. The molecule has 0 saturated carbocycles. The molecule has 0 spiro atoms. The Balaban J connectivity index is 1.90. The van der Waals surface area contributed by atoms with Gasteiger partial charge in [0.05, 0.1) is 16.9 Å². The monoisotopic (exact) mass is 428 g/mol. The van der Waals surface area contributed by atoms with Crippen molar-refractivity contribution < 1.29 is 27.6 Å². The maximum atomic E-state index is 12.7. The molecule has 2 aromatic carbocycles. The number of hydrogen-bond acceptors (Lipinski definition) is 6. The molecule has 156 valence electrons. The molecule has 0 atom stereocenters. The number of carboxylic acid groups (broad SMARTS) is 1. The largest absolute Gasteiger partial charge is 0.481 e. The van der Waals surface area contributed by atoms with Crippen molar-refractivity contribution in [1.82, 2.24) is 9.46 Å². The molecule has 0 radical (unpaired) electrons. The molecule has 1 N–H and O–H groups in total. The number of hydrogen-bond donors (Lipinski definition) is 1. The van der Waals surface area contributed by atoms with Crippen molar-refractivity contribution in [3.8, 4) is 22.4 Å². The van der Waals surface area contributed by atoms with Crippen LogP contribution in [-0.4, -0.2) is 41.9 Å². The number of nitrogens with zero attached hydrogens (tertiary/aromatic N) is 2. The van der Waals surface area contributed by atoms with Gasteiger partial charge in [-0.05, 0) is 24.6 Å². The fourth-order valence-electron chi connectivity index (χ4n) is 2.96. The van der Waals surface area contributed by atoms with Crippen LogP contribution in [0.1, 0.15) is 18.6 Å². The third-order valence-corrected chi connectivity index (χ3v) is 6.41. The molecule has 8 nitrogen and oxygen atoms in total. The summed E-state index contributed by atoms with van der Waals surface area (Å²) in [5, 5.41) is 12.8. The molecule has 3 rings (SSSR count).